The zero-order chi connectivity index (χ0) is 14.8. The Balaban J connectivity index is 2.45. The molecule has 0 saturated carbocycles. The molecule has 0 aromatic heterocycles. The summed E-state index contributed by atoms with van der Waals surface area (Å²) in [6.07, 6.45) is 1.49. The van der Waals surface area contributed by atoms with Crippen molar-refractivity contribution in [3.63, 3.8) is 0 Å². The molecule has 20 heavy (non-hydrogen) atoms. The molecular weight excluding hydrogens is 280 g/mol. The van der Waals surface area contributed by atoms with Gasteiger partial charge < -0.3 is 9.64 Å². The normalized spacial score (nSPS) is 19.1. The molecule has 2 rings (SSSR count). The number of carbonyl (C=O) groups is 1. The molecule has 1 saturated heterocycles. The Labute approximate surface area is 118 Å². The molecule has 1 N–H and O–H groups in total. The minimum Gasteiger partial charge on any atom is -0.467 e. The molecule has 1 unspecified atom stereocenters. The molecule has 110 valence electrons. The van der Waals surface area contributed by atoms with Crippen molar-refractivity contribution in [1.29, 1.82) is 0 Å². The van der Waals surface area contributed by atoms with Crippen LogP contribution in [-0.4, -0.2) is 41.1 Å². The molecule has 1 heterocycles. The molecule has 0 bridgehead atoms. The van der Waals surface area contributed by atoms with Crippen LogP contribution in [0.2, 0.25) is 0 Å². The fourth-order valence-electron chi connectivity index (χ4n) is 2.47. The first-order valence-corrected chi connectivity index (χ1v) is 7.86. The van der Waals surface area contributed by atoms with E-state index in [0.29, 0.717) is 18.7 Å². The Kier molecular flexibility index (Phi) is 4.29. The van der Waals surface area contributed by atoms with E-state index in [1.165, 1.54) is 20.2 Å². The van der Waals surface area contributed by atoms with Gasteiger partial charge in [-0.05, 0) is 32.0 Å². The number of hydrogen-bond acceptors (Lipinski definition) is 5. The maximum Gasteiger partial charge on any atom is 0.328 e. The van der Waals surface area contributed by atoms with Gasteiger partial charge in [-0.1, -0.05) is 12.1 Å². The lowest BCUT2D eigenvalue weighted by Crippen LogP contribution is -2.38. The summed E-state index contributed by atoms with van der Waals surface area (Å²) in [6.45, 7) is 0.635. The van der Waals surface area contributed by atoms with Gasteiger partial charge in [0.15, 0.2) is 0 Å². The first-order valence-electron chi connectivity index (χ1n) is 6.38. The van der Waals surface area contributed by atoms with Crippen molar-refractivity contribution in [2.45, 2.75) is 23.8 Å². The second-order valence-corrected chi connectivity index (χ2v) is 6.40. The molecule has 7 heteroatoms. The highest BCUT2D eigenvalue weighted by atomic mass is 32.2. The Hall–Kier alpha value is -1.60. The largest absolute Gasteiger partial charge is 0.467 e. The van der Waals surface area contributed by atoms with Gasteiger partial charge in [-0.3, -0.25) is 0 Å². The summed E-state index contributed by atoms with van der Waals surface area (Å²) in [5.74, 6) is -0.334. The van der Waals surface area contributed by atoms with E-state index in [0.717, 1.165) is 6.42 Å². The smallest absolute Gasteiger partial charge is 0.328 e. The third kappa shape index (κ3) is 2.64. The SMILES string of the molecule is CNS(=O)(=O)c1ccccc1N1CCCC1C(=O)OC. The molecule has 1 aliphatic rings. The van der Waals surface area contributed by atoms with Crippen molar-refractivity contribution in [3.05, 3.63) is 24.3 Å². The summed E-state index contributed by atoms with van der Waals surface area (Å²) < 4.78 is 31.2. The molecule has 0 aliphatic carbocycles. The molecule has 6 nitrogen and oxygen atoms in total. The third-order valence-corrected chi connectivity index (χ3v) is 4.92. The van der Waals surface area contributed by atoms with Crippen LogP contribution in [0.15, 0.2) is 29.2 Å². The Morgan fingerprint density at radius 3 is 2.75 bits per heavy atom. The predicted molar refractivity (Wildman–Crippen MR) is 75.1 cm³/mol. The number of sulfonamides is 1. The summed E-state index contributed by atoms with van der Waals surface area (Å²) in [6, 6.07) is 6.25. The van der Waals surface area contributed by atoms with Crippen molar-refractivity contribution < 1.29 is 17.9 Å². The van der Waals surface area contributed by atoms with E-state index >= 15 is 0 Å². The van der Waals surface area contributed by atoms with E-state index in [4.69, 9.17) is 4.74 Å². The van der Waals surface area contributed by atoms with E-state index in [9.17, 15) is 13.2 Å². The number of nitrogens with zero attached hydrogens (tertiary/aromatic N) is 1. The van der Waals surface area contributed by atoms with Crippen LogP contribution in [0.5, 0.6) is 0 Å². The zero-order valence-electron chi connectivity index (χ0n) is 11.5. The number of anilines is 1. The number of nitrogens with one attached hydrogen (secondary N) is 1. The quantitative estimate of drug-likeness (QED) is 0.830. The Bertz CT molecular complexity index is 600. The van der Waals surface area contributed by atoms with Crippen molar-refractivity contribution >= 4 is 21.7 Å². The van der Waals surface area contributed by atoms with E-state index in [1.54, 1.807) is 23.1 Å². The van der Waals surface area contributed by atoms with Gasteiger partial charge in [0.2, 0.25) is 10.0 Å². The van der Waals surface area contributed by atoms with Crippen molar-refractivity contribution in [3.8, 4) is 0 Å². The topological polar surface area (TPSA) is 75.7 Å². The Morgan fingerprint density at radius 2 is 2.10 bits per heavy atom. The molecule has 1 aliphatic heterocycles. The van der Waals surface area contributed by atoms with Crippen LogP contribution < -0.4 is 9.62 Å². The average molecular weight is 298 g/mol. The van der Waals surface area contributed by atoms with Crippen LogP contribution in [0.4, 0.5) is 5.69 Å². The summed E-state index contributed by atoms with van der Waals surface area (Å²) in [7, 11) is -0.855. The van der Waals surface area contributed by atoms with Gasteiger partial charge in [-0.2, -0.15) is 0 Å². The first kappa shape index (κ1) is 14.8. The summed E-state index contributed by atoms with van der Waals surface area (Å²) >= 11 is 0. The third-order valence-electron chi connectivity index (χ3n) is 3.46. The molecule has 0 radical (unpaired) electrons. The first-order chi connectivity index (χ1) is 9.51. The summed E-state index contributed by atoms with van der Waals surface area (Å²) in [5, 5.41) is 0. The van der Waals surface area contributed by atoms with E-state index in [-0.39, 0.29) is 10.9 Å². The second kappa shape index (κ2) is 5.80. The fraction of sp³-hybridized carbons (Fsp3) is 0.462. The fourth-order valence-corrected chi connectivity index (χ4v) is 3.41. The van der Waals surface area contributed by atoms with E-state index in [2.05, 4.69) is 4.72 Å². The molecule has 1 atom stereocenters. The van der Waals surface area contributed by atoms with Gasteiger partial charge >= 0.3 is 5.97 Å². The van der Waals surface area contributed by atoms with Crippen LogP contribution >= 0.6 is 0 Å². The van der Waals surface area contributed by atoms with Gasteiger partial charge in [-0.15, -0.1) is 0 Å². The second-order valence-electron chi connectivity index (χ2n) is 4.55. The number of rotatable bonds is 4. The lowest BCUT2D eigenvalue weighted by atomic mass is 10.2. The van der Waals surface area contributed by atoms with E-state index < -0.39 is 16.1 Å². The maximum absolute atomic E-state index is 12.1. The zero-order valence-corrected chi connectivity index (χ0v) is 12.3. The maximum atomic E-state index is 12.1. The molecule has 1 aromatic rings. The van der Waals surface area contributed by atoms with Gasteiger partial charge in [0.25, 0.3) is 0 Å². The van der Waals surface area contributed by atoms with Crippen LogP contribution in [0.1, 0.15) is 12.8 Å². The van der Waals surface area contributed by atoms with Gasteiger partial charge in [0.1, 0.15) is 10.9 Å². The lowest BCUT2D eigenvalue weighted by Gasteiger charge is -2.26. The predicted octanol–water partition coefficient (Wildman–Crippen LogP) is 0.736. The average Bonchev–Trinajstić information content (AvgIpc) is 2.95. The lowest BCUT2D eigenvalue weighted by molar-refractivity contribution is -0.141. The van der Waals surface area contributed by atoms with Crippen LogP contribution in [0, 0.1) is 0 Å². The minimum atomic E-state index is -3.57. The number of para-hydroxylation sites is 1. The standard InChI is InChI=1S/C13H18N2O4S/c1-14-20(17,18)12-8-4-3-6-10(12)15-9-5-7-11(15)13(16)19-2/h3-4,6,8,11,14H,5,7,9H2,1-2H3. The van der Waals surface area contributed by atoms with Gasteiger partial charge in [0, 0.05) is 6.54 Å². The number of benzene rings is 1. The molecule has 1 aromatic carbocycles. The molecule has 0 amide bonds. The van der Waals surface area contributed by atoms with Crippen molar-refractivity contribution in [2.24, 2.45) is 0 Å². The van der Waals surface area contributed by atoms with Crippen LogP contribution in [0.25, 0.3) is 0 Å². The highest BCUT2D eigenvalue weighted by Gasteiger charge is 2.34. The van der Waals surface area contributed by atoms with Crippen LogP contribution in [-0.2, 0) is 19.6 Å². The molecule has 1 fully saturated rings. The number of ether oxygens (including phenoxy) is 1. The number of hydrogen-bond donors (Lipinski definition) is 1. The molecular formula is C13H18N2O4S. The highest BCUT2D eigenvalue weighted by molar-refractivity contribution is 7.89. The summed E-state index contributed by atoms with van der Waals surface area (Å²) in [5.41, 5.74) is 0.537. The number of methoxy groups -OCH3 is 1. The summed E-state index contributed by atoms with van der Waals surface area (Å²) in [4.78, 5) is 13.8. The van der Waals surface area contributed by atoms with Gasteiger partial charge in [-0.25, -0.2) is 17.9 Å². The number of carbonyl (C=O) groups excluding carboxylic acids is 1. The number of esters is 1. The Morgan fingerprint density at radius 1 is 1.40 bits per heavy atom. The monoisotopic (exact) mass is 298 g/mol. The van der Waals surface area contributed by atoms with Crippen molar-refractivity contribution in [2.75, 3.05) is 25.6 Å². The van der Waals surface area contributed by atoms with Crippen molar-refractivity contribution in [1.82, 2.24) is 4.72 Å². The van der Waals surface area contributed by atoms with Crippen LogP contribution in [0.3, 0.4) is 0 Å². The minimum absolute atomic E-state index is 0.179. The highest BCUT2D eigenvalue weighted by Crippen LogP contribution is 2.31. The van der Waals surface area contributed by atoms with E-state index in [1.807, 2.05) is 0 Å². The molecule has 0 spiro atoms. The van der Waals surface area contributed by atoms with Gasteiger partial charge in [0.05, 0.1) is 12.8 Å².